The Hall–Kier alpha value is -2.46. The molecule has 0 aliphatic carbocycles. The summed E-state index contributed by atoms with van der Waals surface area (Å²) in [7, 11) is -4.37. The lowest BCUT2D eigenvalue weighted by molar-refractivity contribution is -0.139. The summed E-state index contributed by atoms with van der Waals surface area (Å²) in [5.74, 6) is -1.61. The molecular weight excluding hydrogens is 424 g/mol. The van der Waals surface area contributed by atoms with Gasteiger partial charge in [0.25, 0.3) is 0 Å². The molecule has 0 bridgehead atoms. The smallest absolute Gasteiger partial charge is 0.323 e. The van der Waals surface area contributed by atoms with Crippen LogP contribution in [0.3, 0.4) is 0 Å². The third kappa shape index (κ3) is 4.65. The van der Waals surface area contributed by atoms with Gasteiger partial charge in [-0.05, 0) is 49.6 Å². The Kier molecular flexibility index (Phi) is 6.19. The minimum Gasteiger partial charge on any atom is -0.323 e. The molecule has 1 amide bonds. The van der Waals surface area contributed by atoms with Gasteiger partial charge in [-0.3, -0.25) is 4.79 Å². The summed E-state index contributed by atoms with van der Waals surface area (Å²) < 4.78 is 80.0. The number of anilines is 1. The zero-order valence-electron chi connectivity index (χ0n) is 16.0. The quantitative estimate of drug-likeness (QED) is 0.719. The van der Waals surface area contributed by atoms with Crippen molar-refractivity contribution in [2.45, 2.75) is 30.8 Å². The number of hydrogen-bond donors (Lipinski definition) is 1. The Morgan fingerprint density at radius 1 is 1.10 bits per heavy atom. The van der Waals surface area contributed by atoms with E-state index in [-0.39, 0.29) is 31.6 Å². The number of rotatable bonds is 4. The van der Waals surface area contributed by atoms with Crippen LogP contribution >= 0.6 is 0 Å². The first kappa shape index (κ1) is 22.2. The number of carbonyl (C=O) groups excluding carboxylic acids is 1. The van der Waals surface area contributed by atoms with Crippen molar-refractivity contribution in [3.8, 4) is 0 Å². The predicted molar refractivity (Wildman–Crippen MR) is 103 cm³/mol. The molecule has 2 aromatic rings. The summed E-state index contributed by atoms with van der Waals surface area (Å²) in [4.78, 5) is 11.6. The molecule has 2 aromatic carbocycles. The molecule has 1 saturated heterocycles. The van der Waals surface area contributed by atoms with E-state index in [0.717, 1.165) is 28.1 Å². The van der Waals surface area contributed by atoms with Gasteiger partial charge in [0.2, 0.25) is 15.9 Å². The number of nitrogens with one attached hydrogen (secondary N) is 1. The van der Waals surface area contributed by atoms with Crippen LogP contribution in [0.4, 0.5) is 23.2 Å². The van der Waals surface area contributed by atoms with E-state index >= 15 is 0 Å². The fourth-order valence-electron chi connectivity index (χ4n) is 3.39. The van der Waals surface area contributed by atoms with Crippen molar-refractivity contribution >= 4 is 21.6 Å². The van der Waals surface area contributed by atoms with Gasteiger partial charge in [-0.1, -0.05) is 18.2 Å². The van der Waals surface area contributed by atoms with Crippen LogP contribution in [-0.2, 0) is 21.0 Å². The number of alkyl halides is 3. The number of aryl methyl sites for hydroxylation is 1. The standard InChI is InChI=1S/C20H20F4N2O3S/c1-13-6-7-16(21)17(12-13)25-19(27)14-8-10-26(11-9-14)30(28,29)18-5-3-2-4-15(18)20(22,23)24/h2-7,12,14H,8-11H2,1H3,(H,25,27). The number of hydrogen-bond acceptors (Lipinski definition) is 3. The SMILES string of the molecule is Cc1ccc(F)c(NC(=O)C2CCN(S(=O)(=O)c3ccccc3C(F)(F)F)CC2)c1. The highest BCUT2D eigenvalue weighted by Crippen LogP contribution is 2.36. The highest BCUT2D eigenvalue weighted by atomic mass is 32.2. The van der Waals surface area contributed by atoms with Crippen molar-refractivity contribution in [2.24, 2.45) is 5.92 Å². The van der Waals surface area contributed by atoms with Gasteiger partial charge in [0.1, 0.15) is 5.82 Å². The zero-order valence-corrected chi connectivity index (χ0v) is 16.9. The molecular formula is C20H20F4N2O3S. The summed E-state index contributed by atoms with van der Waals surface area (Å²) in [6.07, 6.45) is -4.57. The molecule has 3 rings (SSSR count). The van der Waals surface area contributed by atoms with E-state index in [0.29, 0.717) is 0 Å². The van der Waals surface area contributed by atoms with Crippen LogP contribution in [0, 0.1) is 18.7 Å². The van der Waals surface area contributed by atoms with Gasteiger partial charge in [0.15, 0.2) is 0 Å². The molecule has 1 aliphatic heterocycles. The van der Waals surface area contributed by atoms with Crippen LogP contribution < -0.4 is 5.32 Å². The van der Waals surface area contributed by atoms with E-state index in [2.05, 4.69) is 5.32 Å². The molecule has 0 atom stereocenters. The predicted octanol–water partition coefficient (Wildman–Crippen LogP) is 4.19. The maximum absolute atomic E-state index is 13.8. The number of sulfonamides is 1. The molecule has 0 aromatic heterocycles. The van der Waals surface area contributed by atoms with Crippen molar-refractivity contribution in [2.75, 3.05) is 18.4 Å². The molecule has 1 fully saturated rings. The Morgan fingerprint density at radius 2 is 1.73 bits per heavy atom. The second-order valence-electron chi connectivity index (χ2n) is 7.14. The number of amides is 1. The van der Waals surface area contributed by atoms with Crippen LogP contribution in [0.5, 0.6) is 0 Å². The minimum atomic E-state index is -4.81. The van der Waals surface area contributed by atoms with Gasteiger partial charge in [0, 0.05) is 19.0 Å². The monoisotopic (exact) mass is 444 g/mol. The van der Waals surface area contributed by atoms with Gasteiger partial charge in [-0.15, -0.1) is 0 Å². The van der Waals surface area contributed by atoms with E-state index in [9.17, 15) is 30.8 Å². The second-order valence-corrected chi connectivity index (χ2v) is 9.05. The third-order valence-corrected chi connectivity index (χ3v) is 6.97. The van der Waals surface area contributed by atoms with E-state index in [1.807, 2.05) is 0 Å². The van der Waals surface area contributed by atoms with E-state index in [1.165, 1.54) is 18.2 Å². The fourth-order valence-corrected chi connectivity index (χ4v) is 5.07. The van der Waals surface area contributed by atoms with Gasteiger partial charge < -0.3 is 5.32 Å². The average molecular weight is 444 g/mol. The average Bonchev–Trinajstić information content (AvgIpc) is 2.70. The molecule has 0 radical (unpaired) electrons. The van der Waals surface area contributed by atoms with Crippen LogP contribution in [0.25, 0.3) is 0 Å². The van der Waals surface area contributed by atoms with Crippen LogP contribution in [0.1, 0.15) is 24.0 Å². The number of carbonyl (C=O) groups is 1. The highest BCUT2D eigenvalue weighted by Gasteiger charge is 2.40. The van der Waals surface area contributed by atoms with Gasteiger partial charge >= 0.3 is 6.18 Å². The fraction of sp³-hybridized carbons (Fsp3) is 0.350. The summed E-state index contributed by atoms with van der Waals surface area (Å²) >= 11 is 0. The number of benzene rings is 2. The maximum atomic E-state index is 13.8. The first-order valence-electron chi connectivity index (χ1n) is 9.23. The normalized spacial score (nSPS) is 16.4. The van der Waals surface area contributed by atoms with E-state index in [1.54, 1.807) is 13.0 Å². The molecule has 1 N–H and O–H groups in total. The largest absolute Gasteiger partial charge is 0.417 e. The highest BCUT2D eigenvalue weighted by molar-refractivity contribution is 7.89. The molecule has 5 nitrogen and oxygen atoms in total. The lowest BCUT2D eigenvalue weighted by Gasteiger charge is -2.31. The molecule has 0 saturated carbocycles. The molecule has 10 heteroatoms. The lowest BCUT2D eigenvalue weighted by atomic mass is 9.97. The van der Waals surface area contributed by atoms with Crippen LogP contribution in [-0.4, -0.2) is 31.7 Å². The number of halogens is 4. The van der Waals surface area contributed by atoms with Crippen molar-refractivity contribution < 1.29 is 30.8 Å². The Bertz CT molecular complexity index is 1050. The minimum absolute atomic E-state index is 0.0363. The van der Waals surface area contributed by atoms with E-state index < -0.39 is 44.3 Å². The molecule has 1 aliphatic rings. The van der Waals surface area contributed by atoms with Crippen molar-refractivity contribution in [3.63, 3.8) is 0 Å². The molecule has 0 unspecified atom stereocenters. The molecule has 1 heterocycles. The topological polar surface area (TPSA) is 66.5 Å². The van der Waals surface area contributed by atoms with Gasteiger partial charge in [0.05, 0.1) is 16.1 Å². The number of nitrogens with zero attached hydrogens (tertiary/aromatic N) is 1. The maximum Gasteiger partial charge on any atom is 0.417 e. The summed E-state index contributed by atoms with van der Waals surface area (Å²) in [6.45, 7) is 1.53. The van der Waals surface area contributed by atoms with Crippen LogP contribution in [0.2, 0.25) is 0 Å². The van der Waals surface area contributed by atoms with Crippen molar-refractivity contribution in [1.82, 2.24) is 4.31 Å². The summed E-state index contributed by atoms with van der Waals surface area (Å²) in [5.41, 5.74) is -0.426. The third-order valence-electron chi connectivity index (χ3n) is 5.01. The van der Waals surface area contributed by atoms with Crippen LogP contribution in [0.15, 0.2) is 47.4 Å². The molecule has 30 heavy (non-hydrogen) atoms. The van der Waals surface area contributed by atoms with Gasteiger partial charge in [-0.25, -0.2) is 12.8 Å². The number of piperidine rings is 1. The second kappa shape index (κ2) is 8.35. The molecule has 162 valence electrons. The Morgan fingerprint density at radius 3 is 2.37 bits per heavy atom. The van der Waals surface area contributed by atoms with E-state index in [4.69, 9.17) is 0 Å². The summed E-state index contributed by atoms with van der Waals surface area (Å²) in [5, 5.41) is 2.50. The van der Waals surface area contributed by atoms with Gasteiger partial charge in [-0.2, -0.15) is 17.5 Å². The zero-order chi connectivity index (χ0) is 22.1. The Balaban J connectivity index is 1.71. The first-order chi connectivity index (χ1) is 14.0. The Labute approximate surface area is 171 Å². The molecule has 0 spiro atoms. The lowest BCUT2D eigenvalue weighted by Crippen LogP contribution is -2.42. The first-order valence-corrected chi connectivity index (χ1v) is 10.7. The summed E-state index contributed by atoms with van der Waals surface area (Å²) in [6, 6.07) is 8.30. The van der Waals surface area contributed by atoms with Crippen molar-refractivity contribution in [3.05, 3.63) is 59.4 Å². The van der Waals surface area contributed by atoms with Crippen molar-refractivity contribution in [1.29, 1.82) is 0 Å².